The van der Waals surface area contributed by atoms with E-state index in [1.807, 2.05) is 13.0 Å². The fourth-order valence-electron chi connectivity index (χ4n) is 1.86. The van der Waals surface area contributed by atoms with Crippen LogP contribution in [-0.2, 0) is 12.6 Å². The molecule has 1 atom stereocenters. The molecule has 0 bridgehead atoms. The molecule has 108 valence electrons. The Bertz CT molecular complexity index is 566. The molecule has 1 unspecified atom stereocenters. The van der Waals surface area contributed by atoms with E-state index in [4.69, 9.17) is 4.42 Å². The third-order valence-electron chi connectivity index (χ3n) is 2.78. The van der Waals surface area contributed by atoms with Crippen molar-refractivity contribution in [3.63, 3.8) is 0 Å². The number of hydrogen-bond acceptors (Lipinski definition) is 2. The van der Waals surface area contributed by atoms with Crippen molar-refractivity contribution in [2.75, 3.05) is 5.32 Å². The number of halogens is 4. The maximum Gasteiger partial charge on any atom is 0.416 e. The van der Waals surface area contributed by atoms with E-state index in [9.17, 15) is 13.2 Å². The van der Waals surface area contributed by atoms with Crippen LogP contribution in [0.15, 0.2) is 45.5 Å². The highest BCUT2D eigenvalue weighted by Gasteiger charge is 2.31. The molecule has 2 rings (SSSR count). The predicted octanol–water partition coefficient (Wildman–Crippen LogP) is 5.10. The minimum atomic E-state index is -4.35. The molecule has 0 spiro atoms. The van der Waals surface area contributed by atoms with Crippen LogP contribution in [0.3, 0.4) is 0 Å². The summed E-state index contributed by atoms with van der Waals surface area (Å²) in [5, 5.41) is 3.05. The Morgan fingerprint density at radius 1 is 1.30 bits per heavy atom. The van der Waals surface area contributed by atoms with Crippen molar-refractivity contribution >= 4 is 21.6 Å². The molecule has 0 aliphatic carbocycles. The number of alkyl halides is 3. The van der Waals surface area contributed by atoms with E-state index in [0.29, 0.717) is 16.6 Å². The van der Waals surface area contributed by atoms with Crippen molar-refractivity contribution in [3.8, 4) is 0 Å². The third-order valence-corrected chi connectivity index (χ3v) is 3.47. The molecule has 20 heavy (non-hydrogen) atoms. The minimum absolute atomic E-state index is 0.0547. The quantitative estimate of drug-likeness (QED) is 0.831. The number of anilines is 1. The first-order valence-electron chi connectivity index (χ1n) is 6.02. The van der Waals surface area contributed by atoms with E-state index >= 15 is 0 Å². The standard InChI is InChI=1S/C14H13BrF3NO/c1-9(7-11-3-2-6-20-11)19-13-8-10(14(16,17)18)4-5-12(13)15/h2-6,8-9,19H,7H2,1H3. The number of hydrogen-bond donors (Lipinski definition) is 1. The first-order valence-corrected chi connectivity index (χ1v) is 6.81. The van der Waals surface area contributed by atoms with Gasteiger partial charge >= 0.3 is 6.18 Å². The number of rotatable bonds is 4. The molecule has 0 aliphatic heterocycles. The summed E-state index contributed by atoms with van der Waals surface area (Å²) in [5.74, 6) is 0.785. The van der Waals surface area contributed by atoms with Gasteiger partial charge in [0, 0.05) is 22.6 Å². The first kappa shape index (κ1) is 15.0. The molecule has 2 aromatic rings. The van der Waals surface area contributed by atoms with Crippen LogP contribution in [0.5, 0.6) is 0 Å². The van der Waals surface area contributed by atoms with Crippen LogP contribution in [0.4, 0.5) is 18.9 Å². The third kappa shape index (κ3) is 3.79. The maximum atomic E-state index is 12.7. The van der Waals surface area contributed by atoms with Gasteiger partial charge in [-0.2, -0.15) is 13.2 Å². The Morgan fingerprint density at radius 2 is 2.05 bits per heavy atom. The maximum absolute atomic E-state index is 12.7. The number of furan rings is 1. The fraction of sp³-hybridized carbons (Fsp3) is 0.286. The Labute approximate surface area is 123 Å². The first-order chi connectivity index (χ1) is 9.36. The van der Waals surface area contributed by atoms with E-state index in [0.717, 1.165) is 17.9 Å². The summed E-state index contributed by atoms with van der Waals surface area (Å²) in [5.41, 5.74) is -0.257. The second kappa shape index (κ2) is 5.91. The predicted molar refractivity (Wildman–Crippen MR) is 74.6 cm³/mol. The molecule has 0 fully saturated rings. The molecule has 0 radical (unpaired) electrons. The molecule has 0 saturated heterocycles. The lowest BCUT2D eigenvalue weighted by molar-refractivity contribution is -0.137. The SMILES string of the molecule is CC(Cc1ccco1)Nc1cc(C(F)(F)F)ccc1Br. The highest BCUT2D eigenvalue weighted by molar-refractivity contribution is 9.10. The minimum Gasteiger partial charge on any atom is -0.469 e. The topological polar surface area (TPSA) is 25.2 Å². The zero-order valence-corrected chi connectivity index (χ0v) is 12.3. The van der Waals surface area contributed by atoms with Gasteiger partial charge in [0.1, 0.15) is 5.76 Å². The highest BCUT2D eigenvalue weighted by Crippen LogP contribution is 2.34. The van der Waals surface area contributed by atoms with E-state index in [1.54, 1.807) is 12.3 Å². The lowest BCUT2D eigenvalue weighted by Crippen LogP contribution is -2.18. The molecule has 0 amide bonds. The van der Waals surface area contributed by atoms with Gasteiger partial charge in [0.25, 0.3) is 0 Å². The summed E-state index contributed by atoms with van der Waals surface area (Å²) >= 11 is 3.25. The van der Waals surface area contributed by atoms with Gasteiger partial charge in [-0.25, -0.2) is 0 Å². The van der Waals surface area contributed by atoms with Gasteiger partial charge in [0.05, 0.1) is 11.8 Å². The molecule has 1 heterocycles. The van der Waals surface area contributed by atoms with E-state index in [2.05, 4.69) is 21.2 Å². The summed E-state index contributed by atoms with van der Waals surface area (Å²) in [6, 6.07) is 7.10. The van der Waals surface area contributed by atoms with Gasteiger partial charge in [-0.1, -0.05) is 0 Å². The second-order valence-corrected chi connectivity index (χ2v) is 5.38. The largest absolute Gasteiger partial charge is 0.469 e. The van der Waals surface area contributed by atoms with E-state index < -0.39 is 11.7 Å². The summed E-state index contributed by atoms with van der Waals surface area (Å²) in [6.45, 7) is 1.88. The van der Waals surface area contributed by atoms with Crippen molar-refractivity contribution in [1.82, 2.24) is 0 Å². The van der Waals surface area contributed by atoms with Crippen LogP contribution in [0.1, 0.15) is 18.2 Å². The van der Waals surface area contributed by atoms with Crippen LogP contribution in [0.25, 0.3) is 0 Å². The van der Waals surface area contributed by atoms with E-state index in [1.165, 1.54) is 6.07 Å². The fourth-order valence-corrected chi connectivity index (χ4v) is 2.22. The molecule has 0 aliphatic rings. The second-order valence-electron chi connectivity index (χ2n) is 4.52. The smallest absolute Gasteiger partial charge is 0.416 e. The monoisotopic (exact) mass is 347 g/mol. The van der Waals surface area contributed by atoms with E-state index in [-0.39, 0.29) is 6.04 Å². The summed E-state index contributed by atoms with van der Waals surface area (Å²) in [4.78, 5) is 0. The van der Waals surface area contributed by atoms with Crippen molar-refractivity contribution in [2.24, 2.45) is 0 Å². The van der Waals surface area contributed by atoms with Crippen LogP contribution in [0, 0.1) is 0 Å². The van der Waals surface area contributed by atoms with Crippen molar-refractivity contribution in [1.29, 1.82) is 0 Å². The Morgan fingerprint density at radius 3 is 2.65 bits per heavy atom. The average Bonchev–Trinajstić information content (AvgIpc) is 2.83. The Balaban J connectivity index is 2.12. The molecular formula is C14H13BrF3NO. The lowest BCUT2D eigenvalue weighted by Gasteiger charge is -2.17. The molecule has 2 nitrogen and oxygen atoms in total. The van der Waals surface area contributed by atoms with Crippen LogP contribution in [-0.4, -0.2) is 6.04 Å². The van der Waals surface area contributed by atoms with Crippen molar-refractivity contribution in [2.45, 2.75) is 25.6 Å². The highest BCUT2D eigenvalue weighted by atomic mass is 79.9. The lowest BCUT2D eigenvalue weighted by atomic mass is 10.1. The number of benzene rings is 1. The molecule has 1 N–H and O–H groups in total. The van der Waals surface area contributed by atoms with Crippen LogP contribution < -0.4 is 5.32 Å². The number of nitrogens with one attached hydrogen (secondary N) is 1. The molecule has 6 heteroatoms. The van der Waals surface area contributed by atoms with Crippen molar-refractivity contribution < 1.29 is 17.6 Å². The van der Waals surface area contributed by atoms with Crippen LogP contribution >= 0.6 is 15.9 Å². The Hall–Kier alpha value is -1.43. The normalized spacial score (nSPS) is 13.2. The Kier molecular flexibility index (Phi) is 4.42. The molecule has 1 aromatic heterocycles. The van der Waals surface area contributed by atoms with Crippen LogP contribution in [0.2, 0.25) is 0 Å². The molecule has 1 aromatic carbocycles. The van der Waals surface area contributed by atoms with Gasteiger partial charge in [0.15, 0.2) is 0 Å². The summed E-state index contributed by atoms with van der Waals surface area (Å²) in [7, 11) is 0. The summed E-state index contributed by atoms with van der Waals surface area (Å²) < 4.78 is 43.9. The average molecular weight is 348 g/mol. The van der Waals surface area contributed by atoms with Crippen molar-refractivity contribution in [3.05, 3.63) is 52.4 Å². The summed E-state index contributed by atoms with van der Waals surface area (Å²) in [6.07, 6.45) is -2.18. The molecule has 0 saturated carbocycles. The molecular weight excluding hydrogens is 335 g/mol. The zero-order chi connectivity index (χ0) is 14.8. The van der Waals surface area contributed by atoms with Gasteiger partial charge in [0.2, 0.25) is 0 Å². The zero-order valence-electron chi connectivity index (χ0n) is 10.7. The van der Waals surface area contributed by atoms with Gasteiger partial charge < -0.3 is 9.73 Å². The van der Waals surface area contributed by atoms with Gasteiger partial charge in [-0.15, -0.1) is 0 Å². The van der Waals surface area contributed by atoms with Gasteiger partial charge in [-0.05, 0) is 53.2 Å². The van der Waals surface area contributed by atoms with Gasteiger partial charge in [-0.3, -0.25) is 0 Å².